The van der Waals surface area contributed by atoms with Gasteiger partial charge in [-0.05, 0) is 54.8 Å². The Morgan fingerprint density at radius 1 is 1.06 bits per heavy atom. The summed E-state index contributed by atoms with van der Waals surface area (Å²) in [6, 6.07) is 11.2. The van der Waals surface area contributed by atoms with Gasteiger partial charge >= 0.3 is 6.03 Å². The molecule has 0 aliphatic heterocycles. The van der Waals surface area contributed by atoms with Gasteiger partial charge in [0.1, 0.15) is 5.82 Å². The first-order valence-corrected chi connectivity index (χ1v) is 11.3. The van der Waals surface area contributed by atoms with Gasteiger partial charge in [-0.25, -0.2) is 9.18 Å². The standard InChI is InChI=1S/C25H33FN4O3/c1-29(2)23-12-11-22(27-24(31)18-7-4-5-8-18)15-19(23)17-30(13-14-33-3)25(32)28-21-10-6-9-20(26)16-21/h6,9-12,15-16,18H,4-5,7-8,13-14,17H2,1-3H3,(H,27,31)(H,28,32). The zero-order valence-electron chi connectivity index (χ0n) is 19.6. The minimum atomic E-state index is -0.420. The Bertz CT molecular complexity index is 960. The summed E-state index contributed by atoms with van der Waals surface area (Å²) in [6.45, 7) is 1.00. The number of nitrogens with one attached hydrogen (secondary N) is 2. The lowest BCUT2D eigenvalue weighted by Gasteiger charge is -2.26. The summed E-state index contributed by atoms with van der Waals surface area (Å²) in [6.07, 6.45) is 4.05. The van der Waals surface area contributed by atoms with Gasteiger partial charge in [-0.2, -0.15) is 0 Å². The summed E-state index contributed by atoms with van der Waals surface area (Å²) >= 11 is 0. The Balaban J connectivity index is 1.80. The molecule has 0 heterocycles. The summed E-state index contributed by atoms with van der Waals surface area (Å²) in [5.41, 5.74) is 2.92. The van der Waals surface area contributed by atoms with Crippen LogP contribution in [0.15, 0.2) is 42.5 Å². The highest BCUT2D eigenvalue weighted by atomic mass is 19.1. The highest BCUT2D eigenvalue weighted by Crippen LogP contribution is 2.28. The van der Waals surface area contributed by atoms with Crippen LogP contribution in [0.5, 0.6) is 0 Å². The van der Waals surface area contributed by atoms with Crippen molar-refractivity contribution in [3.8, 4) is 0 Å². The van der Waals surface area contributed by atoms with Crippen LogP contribution in [-0.4, -0.2) is 51.2 Å². The van der Waals surface area contributed by atoms with Crippen molar-refractivity contribution in [3.05, 3.63) is 53.8 Å². The van der Waals surface area contributed by atoms with Gasteiger partial charge in [0.15, 0.2) is 0 Å². The normalized spacial score (nSPS) is 13.6. The third-order valence-electron chi connectivity index (χ3n) is 5.84. The number of hydrogen-bond acceptors (Lipinski definition) is 4. The molecule has 1 fully saturated rings. The number of carbonyl (C=O) groups excluding carboxylic acids is 2. The van der Waals surface area contributed by atoms with E-state index in [-0.39, 0.29) is 17.9 Å². The molecule has 0 aromatic heterocycles. The van der Waals surface area contributed by atoms with E-state index in [0.29, 0.717) is 31.1 Å². The van der Waals surface area contributed by atoms with Crippen LogP contribution in [0.4, 0.5) is 26.2 Å². The van der Waals surface area contributed by atoms with E-state index in [1.54, 1.807) is 24.1 Å². The van der Waals surface area contributed by atoms with Crippen molar-refractivity contribution >= 4 is 29.0 Å². The number of benzene rings is 2. The van der Waals surface area contributed by atoms with Gasteiger partial charge in [0.05, 0.1) is 6.61 Å². The zero-order chi connectivity index (χ0) is 23.8. The van der Waals surface area contributed by atoms with Gasteiger partial charge in [-0.1, -0.05) is 18.9 Å². The van der Waals surface area contributed by atoms with E-state index in [0.717, 1.165) is 36.9 Å². The molecule has 0 radical (unpaired) electrons. The first-order chi connectivity index (χ1) is 15.9. The number of halogens is 1. The average molecular weight is 457 g/mol. The quantitative estimate of drug-likeness (QED) is 0.574. The molecular weight excluding hydrogens is 423 g/mol. The maximum absolute atomic E-state index is 13.5. The van der Waals surface area contributed by atoms with Crippen LogP contribution in [0.3, 0.4) is 0 Å². The predicted molar refractivity (Wildman–Crippen MR) is 129 cm³/mol. The third-order valence-corrected chi connectivity index (χ3v) is 5.84. The molecule has 33 heavy (non-hydrogen) atoms. The molecule has 8 heteroatoms. The van der Waals surface area contributed by atoms with Crippen molar-refractivity contribution < 1.29 is 18.7 Å². The Labute approximate surface area is 194 Å². The van der Waals surface area contributed by atoms with Crippen molar-refractivity contribution in [3.63, 3.8) is 0 Å². The summed E-state index contributed by atoms with van der Waals surface area (Å²) in [5, 5.41) is 5.79. The smallest absolute Gasteiger partial charge is 0.322 e. The molecule has 2 aromatic rings. The summed E-state index contributed by atoms with van der Waals surface area (Å²) in [5.74, 6) is -0.301. The molecule has 1 saturated carbocycles. The molecule has 2 aromatic carbocycles. The van der Waals surface area contributed by atoms with E-state index < -0.39 is 5.82 Å². The molecule has 0 spiro atoms. The van der Waals surface area contributed by atoms with Crippen LogP contribution in [0.1, 0.15) is 31.2 Å². The van der Waals surface area contributed by atoms with E-state index in [9.17, 15) is 14.0 Å². The lowest BCUT2D eigenvalue weighted by atomic mass is 10.1. The van der Waals surface area contributed by atoms with Gasteiger partial charge in [0, 0.05) is 57.3 Å². The number of carbonyl (C=O) groups is 2. The number of hydrogen-bond donors (Lipinski definition) is 2. The lowest BCUT2D eigenvalue weighted by Crippen LogP contribution is -2.37. The van der Waals surface area contributed by atoms with E-state index in [1.165, 1.54) is 12.1 Å². The van der Waals surface area contributed by atoms with E-state index in [4.69, 9.17) is 4.74 Å². The molecule has 0 saturated heterocycles. The van der Waals surface area contributed by atoms with Crippen molar-refractivity contribution in [2.24, 2.45) is 5.92 Å². The lowest BCUT2D eigenvalue weighted by molar-refractivity contribution is -0.119. The topological polar surface area (TPSA) is 73.9 Å². The molecule has 0 atom stereocenters. The van der Waals surface area contributed by atoms with Crippen LogP contribution in [0.25, 0.3) is 0 Å². The Morgan fingerprint density at radius 2 is 1.79 bits per heavy atom. The van der Waals surface area contributed by atoms with Crippen molar-refractivity contribution in [1.82, 2.24) is 4.90 Å². The van der Waals surface area contributed by atoms with Gasteiger partial charge in [0.2, 0.25) is 5.91 Å². The fourth-order valence-electron chi connectivity index (χ4n) is 4.09. The van der Waals surface area contributed by atoms with Crippen LogP contribution < -0.4 is 15.5 Å². The van der Waals surface area contributed by atoms with E-state index in [1.807, 2.05) is 37.2 Å². The SMILES string of the molecule is COCCN(Cc1cc(NC(=O)C2CCCC2)ccc1N(C)C)C(=O)Nc1cccc(F)c1. The Morgan fingerprint density at radius 3 is 2.45 bits per heavy atom. The second-order valence-corrected chi connectivity index (χ2v) is 8.56. The monoisotopic (exact) mass is 456 g/mol. The van der Waals surface area contributed by atoms with Crippen molar-refractivity contribution in [2.45, 2.75) is 32.2 Å². The Hall–Kier alpha value is -3.13. The molecule has 0 unspecified atom stereocenters. The second-order valence-electron chi connectivity index (χ2n) is 8.56. The minimum Gasteiger partial charge on any atom is -0.383 e. The molecule has 3 rings (SSSR count). The molecule has 0 bridgehead atoms. The number of anilines is 3. The minimum absolute atomic E-state index is 0.0520. The number of amides is 3. The molecule has 7 nitrogen and oxygen atoms in total. The first kappa shape index (κ1) is 24.5. The molecule has 1 aliphatic carbocycles. The van der Waals surface area contributed by atoms with Crippen molar-refractivity contribution in [1.29, 1.82) is 0 Å². The fraction of sp³-hybridized carbons (Fsp3) is 0.440. The number of rotatable bonds is 9. The van der Waals surface area contributed by atoms with Gasteiger partial charge < -0.3 is 25.2 Å². The summed E-state index contributed by atoms with van der Waals surface area (Å²) in [4.78, 5) is 29.2. The van der Waals surface area contributed by atoms with Crippen LogP contribution in [0, 0.1) is 11.7 Å². The molecular formula is C25H33FN4O3. The zero-order valence-corrected chi connectivity index (χ0v) is 19.6. The number of methoxy groups -OCH3 is 1. The van der Waals surface area contributed by atoms with E-state index in [2.05, 4.69) is 10.6 Å². The number of ether oxygens (including phenoxy) is 1. The molecule has 3 amide bonds. The highest BCUT2D eigenvalue weighted by molar-refractivity contribution is 5.93. The largest absolute Gasteiger partial charge is 0.383 e. The predicted octanol–water partition coefficient (Wildman–Crippen LogP) is 4.70. The van der Waals surface area contributed by atoms with Crippen LogP contribution >= 0.6 is 0 Å². The highest BCUT2D eigenvalue weighted by Gasteiger charge is 2.23. The number of urea groups is 1. The molecule has 1 aliphatic rings. The van der Waals surface area contributed by atoms with E-state index >= 15 is 0 Å². The molecule has 2 N–H and O–H groups in total. The van der Waals surface area contributed by atoms with Gasteiger partial charge in [-0.15, -0.1) is 0 Å². The maximum Gasteiger partial charge on any atom is 0.322 e. The number of nitrogens with zero attached hydrogens (tertiary/aromatic N) is 2. The Kier molecular flexibility index (Phi) is 8.65. The van der Waals surface area contributed by atoms with Crippen LogP contribution in [-0.2, 0) is 16.1 Å². The fourth-order valence-corrected chi connectivity index (χ4v) is 4.09. The second kappa shape index (κ2) is 11.7. The maximum atomic E-state index is 13.5. The van der Waals surface area contributed by atoms with Crippen LogP contribution in [0.2, 0.25) is 0 Å². The average Bonchev–Trinajstić information content (AvgIpc) is 3.31. The first-order valence-electron chi connectivity index (χ1n) is 11.3. The van der Waals surface area contributed by atoms with Gasteiger partial charge in [0.25, 0.3) is 0 Å². The summed E-state index contributed by atoms with van der Waals surface area (Å²) < 4.78 is 18.7. The van der Waals surface area contributed by atoms with Crippen molar-refractivity contribution in [2.75, 3.05) is 49.9 Å². The summed E-state index contributed by atoms with van der Waals surface area (Å²) in [7, 11) is 5.44. The third kappa shape index (κ3) is 6.92. The molecule has 178 valence electrons. The van der Waals surface area contributed by atoms with Gasteiger partial charge in [-0.3, -0.25) is 4.79 Å².